The second kappa shape index (κ2) is 9.52. The molecule has 0 amide bonds. The summed E-state index contributed by atoms with van der Waals surface area (Å²) in [5.41, 5.74) is 4.91. The first-order valence-electron chi connectivity index (χ1n) is 10.7. The monoisotopic (exact) mass is 427 g/mol. The minimum atomic E-state index is -0.443. The number of nitrogens with zero attached hydrogens (tertiary/aromatic N) is 1. The number of carbonyl (C=O) groups is 2. The Morgan fingerprint density at radius 2 is 1.78 bits per heavy atom. The van der Waals surface area contributed by atoms with Gasteiger partial charge in [-0.1, -0.05) is 49.4 Å². The number of hydrogen-bond acceptors (Lipinski definition) is 4. The van der Waals surface area contributed by atoms with E-state index in [1.54, 1.807) is 17.5 Å². The van der Waals surface area contributed by atoms with E-state index in [0.717, 1.165) is 35.1 Å². The Bertz CT molecular complexity index is 1260. The Morgan fingerprint density at radius 3 is 2.50 bits per heavy atom. The molecule has 0 saturated carbocycles. The molecule has 0 spiro atoms. The highest BCUT2D eigenvalue weighted by molar-refractivity contribution is 6.09. The molecule has 0 N–H and O–H groups in total. The number of hydrogen-bond donors (Lipinski definition) is 0. The van der Waals surface area contributed by atoms with Crippen LogP contribution in [0.5, 0.6) is 5.75 Å². The van der Waals surface area contributed by atoms with Gasteiger partial charge >= 0.3 is 5.97 Å². The normalized spacial score (nSPS) is 10.8. The molecule has 0 aliphatic carbocycles. The molecule has 2 aromatic heterocycles. The van der Waals surface area contributed by atoms with Gasteiger partial charge in [0.15, 0.2) is 6.29 Å². The van der Waals surface area contributed by atoms with Crippen molar-refractivity contribution in [3.05, 3.63) is 95.3 Å². The van der Waals surface area contributed by atoms with Gasteiger partial charge in [0.2, 0.25) is 0 Å². The molecule has 0 saturated heterocycles. The minimum absolute atomic E-state index is 0.255. The highest BCUT2D eigenvalue weighted by Gasteiger charge is 2.25. The number of fused-ring (bicyclic) bond motifs is 1. The van der Waals surface area contributed by atoms with Crippen LogP contribution in [0, 0.1) is 0 Å². The third kappa shape index (κ3) is 4.02. The number of esters is 1. The molecule has 0 aliphatic heterocycles. The van der Waals surface area contributed by atoms with Crippen LogP contribution < -0.4 is 4.74 Å². The lowest BCUT2D eigenvalue weighted by atomic mass is 9.97. The van der Waals surface area contributed by atoms with E-state index in [0.29, 0.717) is 28.9 Å². The smallest absolute Gasteiger partial charge is 0.340 e. The lowest BCUT2D eigenvalue weighted by Gasteiger charge is -2.13. The molecule has 0 radical (unpaired) electrons. The highest BCUT2D eigenvalue weighted by Crippen LogP contribution is 2.36. The van der Waals surface area contributed by atoms with Crippen molar-refractivity contribution in [2.45, 2.75) is 26.9 Å². The van der Waals surface area contributed by atoms with Gasteiger partial charge in [-0.15, -0.1) is 0 Å². The molecular weight excluding hydrogens is 402 g/mol. The van der Waals surface area contributed by atoms with Crippen LogP contribution in [0.25, 0.3) is 16.6 Å². The van der Waals surface area contributed by atoms with Gasteiger partial charge in [0.1, 0.15) is 12.4 Å². The fraction of sp³-hybridized carbons (Fsp3) is 0.185. The van der Waals surface area contributed by atoms with E-state index >= 15 is 0 Å². The second-order valence-corrected chi connectivity index (χ2v) is 7.38. The summed E-state index contributed by atoms with van der Waals surface area (Å²) in [5, 5.41) is 0. The van der Waals surface area contributed by atoms with Crippen molar-refractivity contribution in [3.63, 3.8) is 0 Å². The lowest BCUT2D eigenvalue weighted by Crippen LogP contribution is -2.06. The summed E-state index contributed by atoms with van der Waals surface area (Å²) in [6, 6.07) is 21.3. The van der Waals surface area contributed by atoms with Crippen LogP contribution in [0.2, 0.25) is 0 Å². The molecule has 2 aromatic carbocycles. The van der Waals surface area contributed by atoms with Gasteiger partial charge < -0.3 is 13.9 Å². The SMILES string of the molecule is CCOC(=O)c1c(-c2ccc(OCc3ccccc3)c(CC)c2)c(C=O)n2ccccc12. The molecule has 0 unspecified atom stereocenters. The Morgan fingerprint density at radius 1 is 1.00 bits per heavy atom. The molecule has 5 nitrogen and oxygen atoms in total. The number of aryl methyl sites for hydroxylation is 1. The van der Waals surface area contributed by atoms with Gasteiger partial charge in [-0.3, -0.25) is 4.79 Å². The summed E-state index contributed by atoms with van der Waals surface area (Å²) in [6.07, 6.45) is 3.32. The van der Waals surface area contributed by atoms with Crippen LogP contribution >= 0.6 is 0 Å². The lowest BCUT2D eigenvalue weighted by molar-refractivity contribution is 0.0529. The predicted molar refractivity (Wildman–Crippen MR) is 124 cm³/mol. The van der Waals surface area contributed by atoms with E-state index in [4.69, 9.17) is 9.47 Å². The van der Waals surface area contributed by atoms with Gasteiger partial charge in [-0.25, -0.2) is 4.79 Å². The van der Waals surface area contributed by atoms with Crippen LogP contribution in [0.4, 0.5) is 0 Å². The van der Waals surface area contributed by atoms with E-state index in [-0.39, 0.29) is 6.61 Å². The molecule has 5 heteroatoms. The molecule has 32 heavy (non-hydrogen) atoms. The largest absolute Gasteiger partial charge is 0.489 e. The number of carbonyl (C=O) groups excluding carboxylic acids is 2. The molecule has 0 fully saturated rings. The van der Waals surface area contributed by atoms with Gasteiger partial charge in [0.25, 0.3) is 0 Å². The first-order valence-corrected chi connectivity index (χ1v) is 10.7. The molecular formula is C27H25NO4. The molecule has 162 valence electrons. The van der Waals surface area contributed by atoms with E-state index in [9.17, 15) is 9.59 Å². The summed E-state index contributed by atoms with van der Waals surface area (Å²) < 4.78 is 13.1. The maximum absolute atomic E-state index is 12.9. The van der Waals surface area contributed by atoms with Crippen molar-refractivity contribution in [2.75, 3.05) is 6.61 Å². The molecule has 0 aliphatic rings. The average molecular weight is 428 g/mol. The summed E-state index contributed by atoms with van der Waals surface area (Å²) >= 11 is 0. The Labute approximate surface area is 187 Å². The van der Waals surface area contributed by atoms with E-state index < -0.39 is 5.97 Å². The fourth-order valence-electron chi connectivity index (χ4n) is 3.94. The topological polar surface area (TPSA) is 57.0 Å². The van der Waals surface area contributed by atoms with Crippen LogP contribution in [0.15, 0.2) is 72.9 Å². The van der Waals surface area contributed by atoms with E-state index in [1.807, 2.05) is 66.7 Å². The van der Waals surface area contributed by atoms with Gasteiger partial charge in [-0.05, 0) is 54.3 Å². The van der Waals surface area contributed by atoms with Gasteiger partial charge in [0, 0.05) is 11.8 Å². The van der Waals surface area contributed by atoms with Crippen LogP contribution in [-0.4, -0.2) is 23.3 Å². The molecule has 2 heterocycles. The van der Waals surface area contributed by atoms with E-state index in [2.05, 4.69) is 6.92 Å². The van der Waals surface area contributed by atoms with Crippen molar-refractivity contribution >= 4 is 17.8 Å². The molecule has 0 bridgehead atoms. The van der Waals surface area contributed by atoms with Gasteiger partial charge in [-0.2, -0.15) is 0 Å². The van der Waals surface area contributed by atoms with Crippen molar-refractivity contribution in [2.24, 2.45) is 0 Å². The molecule has 4 aromatic rings. The summed E-state index contributed by atoms with van der Waals surface area (Å²) in [4.78, 5) is 25.0. The Hall–Kier alpha value is -3.86. The van der Waals surface area contributed by atoms with Crippen LogP contribution in [-0.2, 0) is 17.8 Å². The Kier molecular flexibility index (Phi) is 6.36. The van der Waals surface area contributed by atoms with Crippen molar-refractivity contribution < 1.29 is 19.1 Å². The third-order valence-electron chi connectivity index (χ3n) is 5.44. The van der Waals surface area contributed by atoms with Crippen LogP contribution in [0.1, 0.15) is 45.8 Å². The zero-order chi connectivity index (χ0) is 22.5. The quantitative estimate of drug-likeness (QED) is 0.266. The fourth-order valence-corrected chi connectivity index (χ4v) is 3.94. The zero-order valence-electron chi connectivity index (χ0n) is 18.2. The molecule has 0 atom stereocenters. The number of ether oxygens (including phenoxy) is 2. The van der Waals surface area contributed by atoms with Crippen molar-refractivity contribution in [3.8, 4) is 16.9 Å². The third-order valence-corrected chi connectivity index (χ3v) is 5.44. The molecule has 4 rings (SSSR count). The van der Waals surface area contributed by atoms with Crippen molar-refractivity contribution in [1.82, 2.24) is 4.40 Å². The maximum atomic E-state index is 12.9. The van der Waals surface area contributed by atoms with E-state index in [1.165, 1.54) is 0 Å². The van der Waals surface area contributed by atoms with Crippen LogP contribution in [0.3, 0.4) is 0 Å². The summed E-state index contributed by atoms with van der Waals surface area (Å²) in [5.74, 6) is 0.343. The first-order chi connectivity index (χ1) is 15.7. The number of pyridine rings is 1. The number of rotatable bonds is 8. The predicted octanol–water partition coefficient (Wildman–Crippen LogP) is 5.74. The zero-order valence-corrected chi connectivity index (χ0v) is 18.2. The minimum Gasteiger partial charge on any atom is -0.489 e. The number of aromatic nitrogens is 1. The number of aldehydes is 1. The Balaban J connectivity index is 1.80. The first kappa shape index (κ1) is 21.4. The highest BCUT2D eigenvalue weighted by atomic mass is 16.5. The summed E-state index contributed by atoms with van der Waals surface area (Å²) in [7, 11) is 0. The van der Waals surface area contributed by atoms with Crippen molar-refractivity contribution in [1.29, 1.82) is 0 Å². The van der Waals surface area contributed by atoms with Gasteiger partial charge in [0.05, 0.1) is 23.4 Å². The maximum Gasteiger partial charge on any atom is 0.340 e. The average Bonchev–Trinajstić information content (AvgIpc) is 3.18. The standard InChI is InChI=1S/C27H25NO4/c1-3-20-16-21(13-14-24(20)32-18-19-10-6-5-7-11-19)25-23(17-29)28-15-9-8-12-22(28)26(25)27(30)31-4-2/h5-17H,3-4,18H2,1-2H3. The number of benzene rings is 2. The second-order valence-electron chi connectivity index (χ2n) is 7.38. The summed E-state index contributed by atoms with van der Waals surface area (Å²) in [6.45, 7) is 4.55.